The van der Waals surface area contributed by atoms with Gasteiger partial charge in [0.15, 0.2) is 0 Å². The van der Waals surface area contributed by atoms with Gasteiger partial charge in [-0.3, -0.25) is 4.79 Å². The average Bonchev–Trinajstić information content (AvgIpc) is 3.14. The van der Waals surface area contributed by atoms with Crippen LogP contribution in [-0.4, -0.2) is 30.4 Å². The van der Waals surface area contributed by atoms with Gasteiger partial charge in [-0.15, -0.1) is 11.3 Å². The van der Waals surface area contributed by atoms with Crippen LogP contribution in [0.15, 0.2) is 29.6 Å². The Morgan fingerprint density at radius 2 is 2.24 bits per heavy atom. The van der Waals surface area contributed by atoms with Crippen molar-refractivity contribution >= 4 is 27.3 Å². The van der Waals surface area contributed by atoms with E-state index in [2.05, 4.69) is 29.6 Å². The third kappa shape index (κ3) is 3.27. The third-order valence-corrected chi connectivity index (χ3v) is 5.38. The first-order chi connectivity index (χ1) is 10.3. The fourth-order valence-corrected chi connectivity index (χ4v) is 4.06. The Kier molecular flexibility index (Phi) is 4.56. The second-order valence-corrected chi connectivity index (χ2v) is 6.75. The maximum absolute atomic E-state index is 12.2. The van der Waals surface area contributed by atoms with Crippen molar-refractivity contribution in [2.24, 2.45) is 11.7 Å². The molecule has 0 bridgehead atoms. The van der Waals surface area contributed by atoms with E-state index in [0.717, 1.165) is 32.4 Å². The molecule has 0 saturated carbocycles. The number of likely N-dealkylation sites (tertiary alicyclic amines) is 1. The van der Waals surface area contributed by atoms with Crippen LogP contribution in [0.4, 0.5) is 0 Å². The highest BCUT2D eigenvalue weighted by Gasteiger charge is 2.24. The lowest BCUT2D eigenvalue weighted by atomic mass is 10.1. The van der Waals surface area contributed by atoms with E-state index in [0.29, 0.717) is 24.8 Å². The number of hydrogen-bond donors (Lipinski definition) is 1. The molecule has 1 aliphatic rings. The zero-order valence-corrected chi connectivity index (χ0v) is 13.1. The van der Waals surface area contributed by atoms with E-state index >= 15 is 0 Å². The van der Waals surface area contributed by atoms with Gasteiger partial charge in [-0.05, 0) is 54.1 Å². The van der Waals surface area contributed by atoms with E-state index in [1.807, 2.05) is 4.90 Å². The first kappa shape index (κ1) is 14.5. The van der Waals surface area contributed by atoms with E-state index in [4.69, 9.17) is 5.73 Å². The van der Waals surface area contributed by atoms with Gasteiger partial charge in [-0.1, -0.05) is 18.2 Å². The standard InChI is InChI=1S/C17H22N2OS/c18-10-13-8-9-19(11-13)17(20)7-3-4-14-12-21-16-6-2-1-5-15(14)16/h1-2,5-6,12-13H,3-4,7-11,18H2. The second kappa shape index (κ2) is 6.58. The molecule has 3 rings (SSSR count). The number of carbonyl (C=O) groups excluding carboxylic acids is 1. The lowest BCUT2D eigenvalue weighted by molar-refractivity contribution is -0.130. The molecule has 0 aliphatic carbocycles. The maximum Gasteiger partial charge on any atom is 0.222 e. The molecule has 2 heterocycles. The molecule has 1 aromatic carbocycles. The highest BCUT2D eigenvalue weighted by molar-refractivity contribution is 7.17. The molecule has 4 heteroatoms. The van der Waals surface area contributed by atoms with Crippen LogP contribution >= 0.6 is 11.3 Å². The fraction of sp³-hybridized carbons (Fsp3) is 0.471. The SMILES string of the molecule is NCC1CCN(C(=O)CCCc2csc3ccccc23)C1. The topological polar surface area (TPSA) is 46.3 Å². The van der Waals surface area contributed by atoms with Crippen LogP contribution in [-0.2, 0) is 11.2 Å². The van der Waals surface area contributed by atoms with Crippen LogP contribution < -0.4 is 5.73 Å². The summed E-state index contributed by atoms with van der Waals surface area (Å²) in [5.41, 5.74) is 7.06. The highest BCUT2D eigenvalue weighted by Crippen LogP contribution is 2.27. The number of nitrogens with two attached hydrogens (primary N) is 1. The normalized spacial score (nSPS) is 18.5. The van der Waals surface area contributed by atoms with Crippen molar-refractivity contribution in [3.05, 3.63) is 35.2 Å². The Bertz CT molecular complexity index is 622. The molecular weight excluding hydrogens is 280 g/mol. The molecule has 1 atom stereocenters. The molecule has 0 spiro atoms. The monoisotopic (exact) mass is 302 g/mol. The quantitative estimate of drug-likeness (QED) is 0.923. The number of rotatable bonds is 5. The summed E-state index contributed by atoms with van der Waals surface area (Å²) in [5, 5.41) is 3.58. The second-order valence-electron chi connectivity index (χ2n) is 5.84. The van der Waals surface area contributed by atoms with Crippen LogP contribution in [0.3, 0.4) is 0 Å². The summed E-state index contributed by atoms with van der Waals surface area (Å²) in [6.45, 7) is 2.45. The minimum atomic E-state index is 0.297. The molecule has 21 heavy (non-hydrogen) atoms. The number of amides is 1. The van der Waals surface area contributed by atoms with E-state index < -0.39 is 0 Å². The predicted molar refractivity (Wildman–Crippen MR) is 88.5 cm³/mol. The summed E-state index contributed by atoms with van der Waals surface area (Å²) in [4.78, 5) is 14.2. The molecule has 2 N–H and O–H groups in total. The van der Waals surface area contributed by atoms with Crippen LogP contribution in [0.2, 0.25) is 0 Å². The van der Waals surface area contributed by atoms with Gasteiger partial charge >= 0.3 is 0 Å². The molecule has 0 radical (unpaired) electrons. The van der Waals surface area contributed by atoms with Crippen molar-refractivity contribution in [1.82, 2.24) is 4.90 Å². The summed E-state index contributed by atoms with van der Waals surface area (Å²) in [5.74, 6) is 0.806. The van der Waals surface area contributed by atoms with Crippen molar-refractivity contribution in [2.45, 2.75) is 25.7 Å². The van der Waals surface area contributed by atoms with E-state index in [1.165, 1.54) is 15.6 Å². The number of benzene rings is 1. The number of hydrogen-bond acceptors (Lipinski definition) is 3. The zero-order chi connectivity index (χ0) is 14.7. The van der Waals surface area contributed by atoms with Gasteiger partial charge < -0.3 is 10.6 Å². The Labute approximate surface area is 129 Å². The first-order valence-electron chi connectivity index (χ1n) is 7.71. The Morgan fingerprint density at radius 3 is 3.05 bits per heavy atom. The Balaban J connectivity index is 1.51. The van der Waals surface area contributed by atoms with Gasteiger partial charge in [0.25, 0.3) is 0 Å². The van der Waals surface area contributed by atoms with Gasteiger partial charge in [-0.25, -0.2) is 0 Å². The lowest BCUT2D eigenvalue weighted by Crippen LogP contribution is -2.29. The highest BCUT2D eigenvalue weighted by atomic mass is 32.1. The van der Waals surface area contributed by atoms with E-state index in [-0.39, 0.29) is 0 Å². The molecule has 1 fully saturated rings. The molecule has 2 aromatic rings. The maximum atomic E-state index is 12.2. The van der Waals surface area contributed by atoms with E-state index in [1.54, 1.807) is 11.3 Å². The van der Waals surface area contributed by atoms with Crippen molar-refractivity contribution < 1.29 is 4.79 Å². The van der Waals surface area contributed by atoms with Gasteiger partial charge in [-0.2, -0.15) is 0 Å². The summed E-state index contributed by atoms with van der Waals surface area (Å²) in [6.07, 6.45) is 3.64. The van der Waals surface area contributed by atoms with Gasteiger partial charge in [0.2, 0.25) is 5.91 Å². The fourth-order valence-electron chi connectivity index (χ4n) is 3.07. The zero-order valence-electron chi connectivity index (χ0n) is 12.3. The number of fused-ring (bicyclic) bond motifs is 1. The van der Waals surface area contributed by atoms with Crippen LogP contribution in [0.5, 0.6) is 0 Å². The van der Waals surface area contributed by atoms with Crippen LogP contribution in [0, 0.1) is 5.92 Å². The van der Waals surface area contributed by atoms with E-state index in [9.17, 15) is 4.79 Å². The van der Waals surface area contributed by atoms with Crippen LogP contribution in [0.1, 0.15) is 24.8 Å². The van der Waals surface area contributed by atoms with Crippen molar-refractivity contribution in [2.75, 3.05) is 19.6 Å². The average molecular weight is 302 g/mol. The van der Waals surface area contributed by atoms with Crippen molar-refractivity contribution in [3.8, 4) is 0 Å². The molecule has 3 nitrogen and oxygen atoms in total. The smallest absolute Gasteiger partial charge is 0.222 e. The van der Waals surface area contributed by atoms with Crippen LogP contribution in [0.25, 0.3) is 10.1 Å². The van der Waals surface area contributed by atoms with Crippen molar-refractivity contribution in [3.63, 3.8) is 0 Å². The summed E-state index contributed by atoms with van der Waals surface area (Å²) < 4.78 is 1.34. The summed E-state index contributed by atoms with van der Waals surface area (Å²) in [6, 6.07) is 8.50. The number of carbonyl (C=O) groups is 1. The molecule has 1 aromatic heterocycles. The number of aryl methyl sites for hydroxylation is 1. The minimum absolute atomic E-state index is 0.297. The Hall–Kier alpha value is -1.39. The molecule has 1 aliphatic heterocycles. The molecule has 1 unspecified atom stereocenters. The molecule has 1 saturated heterocycles. The van der Waals surface area contributed by atoms with Gasteiger partial charge in [0.1, 0.15) is 0 Å². The number of nitrogens with zero attached hydrogens (tertiary/aromatic N) is 1. The predicted octanol–water partition coefficient (Wildman–Crippen LogP) is 3.03. The van der Waals surface area contributed by atoms with Gasteiger partial charge in [0.05, 0.1) is 0 Å². The lowest BCUT2D eigenvalue weighted by Gasteiger charge is -2.16. The molecule has 1 amide bonds. The largest absolute Gasteiger partial charge is 0.342 e. The molecule has 112 valence electrons. The number of thiophene rings is 1. The summed E-state index contributed by atoms with van der Waals surface area (Å²) >= 11 is 1.79. The van der Waals surface area contributed by atoms with Crippen molar-refractivity contribution in [1.29, 1.82) is 0 Å². The summed E-state index contributed by atoms with van der Waals surface area (Å²) in [7, 11) is 0. The third-order valence-electron chi connectivity index (χ3n) is 4.37. The Morgan fingerprint density at radius 1 is 1.38 bits per heavy atom. The van der Waals surface area contributed by atoms with Gasteiger partial charge in [0, 0.05) is 24.2 Å². The first-order valence-corrected chi connectivity index (χ1v) is 8.59. The molecular formula is C17H22N2OS. The minimum Gasteiger partial charge on any atom is -0.342 e.